The highest BCUT2D eigenvalue weighted by molar-refractivity contribution is 5.57. The monoisotopic (exact) mass is 259 g/mol. The first-order valence-electron chi connectivity index (χ1n) is 6.09. The maximum Gasteiger partial charge on any atom is 0.251 e. The van der Waals surface area contributed by atoms with Crippen LogP contribution in [0, 0.1) is 12.7 Å². The highest BCUT2D eigenvalue weighted by Crippen LogP contribution is 2.18. The average molecular weight is 259 g/mol. The van der Waals surface area contributed by atoms with E-state index in [1.165, 1.54) is 12.1 Å². The summed E-state index contributed by atoms with van der Waals surface area (Å²) in [5.74, 6) is 1.01. The summed E-state index contributed by atoms with van der Waals surface area (Å²) in [4.78, 5) is 8.80. The Morgan fingerprint density at radius 1 is 1.26 bits per heavy atom. The lowest BCUT2D eigenvalue weighted by Gasteiger charge is -1.99. The number of benzene rings is 1. The predicted octanol–water partition coefficient (Wildman–Crippen LogP) is 1.67. The molecular formula is C13H14FN5. The van der Waals surface area contributed by atoms with E-state index >= 15 is 0 Å². The van der Waals surface area contributed by atoms with E-state index in [1.807, 2.05) is 11.4 Å². The number of hydrogen-bond acceptors (Lipinski definition) is 3. The highest BCUT2D eigenvalue weighted by Gasteiger charge is 2.13. The van der Waals surface area contributed by atoms with Gasteiger partial charge >= 0.3 is 0 Å². The minimum Gasteiger partial charge on any atom is -0.330 e. The second kappa shape index (κ2) is 4.47. The van der Waals surface area contributed by atoms with Crippen LogP contribution in [0.15, 0.2) is 24.3 Å². The molecule has 6 heteroatoms. The second-order valence-corrected chi connectivity index (χ2v) is 4.40. The number of imidazole rings is 1. The molecule has 0 bridgehead atoms. The summed E-state index contributed by atoms with van der Waals surface area (Å²) in [5.41, 5.74) is 8.37. The van der Waals surface area contributed by atoms with Crippen molar-refractivity contribution in [1.29, 1.82) is 0 Å². The number of aromatic amines is 1. The zero-order chi connectivity index (χ0) is 13.4. The van der Waals surface area contributed by atoms with Crippen molar-refractivity contribution in [3.05, 3.63) is 41.5 Å². The molecule has 5 nitrogen and oxygen atoms in total. The molecule has 0 saturated carbocycles. The lowest BCUT2D eigenvalue weighted by molar-refractivity contribution is 0.628. The largest absolute Gasteiger partial charge is 0.330 e. The molecular weight excluding hydrogens is 245 g/mol. The first-order chi connectivity index (χ1) is 9.19. The molecule has 0 aliphatic carbocycles. The molecule has 0 radical (unpaired) electrons. The Hall–Kier alpha value is -2.21. The number of nitrogens with two attached hydrogens (primary N) is 1. The molecule has 0 aliphatic heterocycles. The summed E-state index contributed by atoms with van der Waals surface area (Å²) in [6, 6.07) is 6.19. The van der Waals surface area contributed by atoms with Crippen LogP contribution in [-0.2, 0) is 6.42 Å². The van der Waals surface area contributed by atoms with Gasteiger partial charge in [-0.15, -0.1) is 0 Å². The van der Waals surface area contributed by atoms with E-state index in [0.717, 1.165) is 23.4 Å². The van der Waals surface area contributed by atoms with Gasteiger partial charge in [-0.2, -0.15) is 4.98 Å². The van der Waals surface area contributed by atoms with Crippen molar-refractivity contribution in [2.75, 3.05) is 6.54 Å². The van der Waals surface area contributed by atoms with Gasteiger partial charge in [0.15, 0.2) is 5.82 Å². The third-order valence-electron chi connectivity index (χ3n) is 3.08. The molecule has 0 saturated heterocycles. The molecule has 0 spiro atoms. The Morgan fingerprint density at radius 3 is 2.68 bits per heavy atom. The molecule has 3 aromatic rings. The summed E-state index contributed by atoms with van der Waals surface area (Å²) in [6.07, 6.45) is 0.734. The summed E-state index contributed by atoms with van der Waals surface area (Å²) in [5, 5.41) is 3.17. The first-order valence-corrected chi connectivity index (χ1v) is 6.09. The molecule has 0 atom stereocenters. The van der Waals surface area contributed by atoms with Crippen LogP contribution in [-0.4, -0.2) is 26.1 Å². The van der Waals surface area contributed by atoms with E-state index in [0.29, 0.717) is 18.1 Å². The summed E-state index contributed by atoms with van der Waals surface area (Å²) in [6.45, 7) is 2.49. The Balaban J connectivity index is 2.09. The van der Waals surface area contributed by atoms with Crippen LogP contribution in [0.2, 0.25) is 0 Å². The van der Waals surface area contributed by atoms with Gasteiger partial charge < -0.3 is 5.73 Å². The minimum atomic E-state index is -0.264. The number of fused-ring (bicyclic) bond motifs is 1. The number of aromatic nitrogens is 4. The Labute approximate surface area is 109 Å². The number of nitrogens with zero attached hydrogens (tertiary/aromatic N) is 3. The van der Waals surface area contributed by atoms with E-state index < -0.39 is 0 Å². The SMILES string of the molecule is Cc1nc2nc(-c3ccc(F)cc3)[nH]n2c1CCN. The molecule has 0 fully saturated rings. The fourth-order valence-electron chi connectivity index (χ4n) is 2.14. The Bertz CT molecular complexity index is 711. The Kier molecular flexibility index (Phi) is 2.79. The molecule has 0 amide bonds. The first kappa shape index (κ1) is 11.9. The molecule has 2 heterocycles. The van der Waals surface area contributed by atoms with Gasteiger partial charge in [-0.05, 0) is 37.7 Å². The minimum absolute atomic E-state index is 0.264. The third kappa shape index (κ3) is 2.00. The van der Waals surface area contributed by atoms with E-state index in [9.17, 15) is 4.39 Å². The van der Waals surface area contributed by atoms with E-state index in [-0.39, 0.29) is 5.82 Å². The van der Waals surface area contributed by atoms with Crippen molar-refractivity contribution in [2.45, 2.75) is 13.3 Å². The van der Waals surface area contributed by atoms with Gasteiger partial charge in [-0.3, -0.25) is 5.10 Å². The van der Waals surface area contributed by atoms with Crippen molar-refractivity contribution in [1.82, 2.24) is 19.6 Å². The van der Waals surface area contributed by atoms with Gasteiger partial charge in [0.2, 0.25) is 0 Å². The molecule has 0 aliphatic rings. The van der Waals surface area contributed by atoms with Crippen molar-refractivity contribution in [2.24, 2.45) is 5.73 Å². The van der Waals surface area contributed by atoms with E-state index in [1.54, 1.807) is 12.1 Å². The van der Waals surface area contributed by atoms with Crippen molar-refractivity contribution < 1.29 is 4.39 Å². The van der Waals surface area contributed by atoms with Crippen molar-refractivity contribution in [3.8, 4) is 11.4 Å². The van der Waals surface area contributed by atoms with Gasteiger partial charge in [0, 0.05) is 12.0 Å². The van der Waals surface area contributed by atoms with Crippen LogP contribution in [0.25, 0.3) is 17.2 Å². The van der Waals surface area contributed by atoms with Crippen LogP contribution < -0.4 is 5.73 Å². The summed E-state index contributed by atoms with van der Waals surface area (Å²) >= 11 is 0. The van der Waals surface area contributed by atoms with Crippen molar-refractivity contribution >= 4 is 5.78 Å². The second-order valence-electron chi connectivity index (χ2n) is 4.40. The van der Waals surface area contributed by atoms with E-state index in [4.69, 9.17) is 5.73 Å². The number of rotatable bonds is 3. The molecule has 98 valence electrons. The topological polar surface area (TPSA) is 72.0 Å². The van der Waals surface area contributed by atoms with Crippen LogP contribution in [0.4, 0.5) is 4.39 Å². The number of halogens is 1. The van der Waals surface area contributed by atoms with Gasteiger partial charge in [-0.1, -0.05) is 0 Å². The molecule has 0 unspecified atom stereocenters. The molecule has 3 rings (SSSR count). The van der Waals surface area contributed by atoms with Crippen LogP contribution in [0.1, 0.15) is 11.4 Å². The smallest absolute Gasteiger partial charge is 0.251 e. The lowest BCUT2D eigenvalue weighted by Crippen LogP contribution is -2.06. The maximum atomic E-state index is 12.9. The zero-order valence-electron chi connectivity index (χ0n) is 10.5. The normalized spacial score (nSPS) is 11.3. The molecule has 19 heavy (non-hydrogen) atoms. The van der Waals surface area contributed by atoms with Crippen LogP contribution in [0.5, 0.6) is 0 Å². The Morgan fingerprint density at radius 2 is 2.00 bits per heavy atom. The number of hydrogen-bond donors (Lipinski definition) is 2. The standard InChI is InChI=1S/C13H14FN5/c1-8-11(6-7-15)19-13(16-8)17-12(18-19)9-2-4-10(14)5-3-9/h2-5H,6-7,15H2,1H3,(H,16,17,18). The highest BCUT2D eigenvalue weighted by atomic mass is 19.1. The maximum absolute atomic E-state index is 12.9. The lowest BCUT2D eigenvalue weighted by atomic mass is 10.2. The van der Waals surface area contributed by atoms with E-state index in [2.05, 4.69) is 15.1 Å². The fraction of sp³-hybridized carbons (Fsp3) is 0.231. The molecule has 3 N–H and O–H groups in total. The molecule has 2 aromatic heterocycles. The summed E-state index contributed by atoms with van der Waals surface area (Å²) < 4.78 is 14.7. The van der Waals surface area contributed by atoms with Gasteiger partial charge in [0.25, 0.3) is 5.78 Å². The van der Waals surface area contributed by atoms with Gasteiger partial charge in [-0.25, -0.2) is 13.9 Å². The number of nitrogens with one attached hydrogen (secondary N) is 1. The van der Waals surface area contributed by atoms with Crippen LogP contribution in [0.3, 0.4) is 0 Å². The number of H-pyrrole nitrogens is 1. The third-order valence-corrected chi connectivity index (χ3v) is 3.08. The van der Waals surface area contributed by atoms with Crippen molar-refractivity contribution in [3.63, 3.8) is 0 Å². The quantitative estimate of drug-likeness (QED) is 0.751. The van der Waals surface area contributed by atoms with Gasteiger partial charge in [0.1, 0.15) is 5.82 Å². The number of aryl methyl sites for hydroxylation is 1. The zero-order valence-corrected chi connectivity index (χ0v) is 10.5. The summed E-state index contributed by atoms with van der Waals surface area (Å²) in [7, 11) is 0. The fourth-order valence-corrected chi connectivity index (χ4v) is 2.14. The van der Waals surface area contributed by atoms with Crippen LogP contribution >= 0.6 is 0 Å². The average Bonchev–Trinajstić information content (AvgIpc) is 2.91. The van der Waals surface area contributed by atoms with Gasteiger partial charge in [0.05, 0.1) is 11.4 Å². The molecule has 1 aromatic carbocycles. The predicted molar refractivity (Wildman–Crippen MR) is 70.2 cm³/mol.